The number of nitrogens with zero attached hydrogens (tertiary/aromatic N) is 1. The summed E-state index contributed by atoms with van der Waals surface area (Å²) in [5.74, 6) is 0.636. The lowest BCUT2D eigenvalue weighted by Gasteiger charge is -2.15. The first kappa shape index (κ1) is 14.1. The molecule has 0 radical (unpaired) electrons. The Labute approximate surface area is 135 Å². The Morgan fingerprint density at radius 2 is 1.86 bits per heavy atom. The van der Waals surface area contributed by atoms with E-state index in [2.05, 4.69) is 37.9 Å². The molecular formula is C16H14IN3O. The van der Waals surface area contributed by atoms with Gasteiger partial charge < -0.3 is 10.3 Å². The number of anilines is 1. The zero-order valence-corrected chi connectivity index (χ0v) is 13.6. The van der Waals surface area contributed by atoms with Crippen LogP contribution in [0.4, 0.5) is 5.69 Å². The van der Waals surface area contributed by atoms with Crippen LogP contribution in [0.15, 0.2) is 53.3 Å². The van der Waals surface area contributed by atoms with Crippen molar-refractivity contribution in [2.75, 3.05) is 5.32 Å². The van der Waals surface area contributed by atoms with Gasteiger partial charge in [-0.25, -0.2) is 4.98 Å². The standard InChI is InChI=1S/C16H14IN3O/c1-10(18-12-8-6-11(17)7-9-12)15-19-14-5-3-2-4-13(14)16(21)20-15/h2-10,18H,1H3,(H,19,20,21)/t10-/m1/s1. The summed E-state index contributed by atoms with van der Waals surface area (Å²) >= 11 is 2.27. The zero-order valence-electron chi connectivity index (χ0n) is 11.4. The Kier molecular flexibility index (Phi) is 3.92. The fourth-order valence-corrected chi connectivity index (χ4v) is 2.53. The van der Waals surface area contributed by atoms with E-state index in [9.17, 15) is 4.79 Å². The van der Waals surface area contributed by atoms with Crippen molar-refractivity contribution < 1.29 is 0 Å². The first-order valence-electron chi connectivity index (χ1n) is 6.64. The van der Waals surface area contributed by atoms with Crippen LogP contribution in [0.25, 0.3) is 10.9 Å². The van der Waals surface area contributed by atoms with Crippen molar-refractivity contribution in [2.45, 2.75) is 13.0 Å². The van der Waals surface area contributed by atoms with Crippen molar-refractivity contribution in [3.05, 3.63) is 68.3 Å². The van der Waals surface area contributed by atoms with Crippen LogP contribution in [0.5, 0.6) is 0 Å². The number of aromatic amines is 1. The minimum absolute atomic E-state index is 0.0811. The number of fused-ring (bicyclic) bond motifs is 1. The molecule has 2 aromatic carbocycles. The topological polar surface area (TPSA) is 57.8 Å². The van der Waals surface area contributed by atoms with Crippen LogP contribution in [-0.4, -0.2) is 9.97 Å². The predicted octanol–water partition coefficient (Wildman–Crippen LogP) is 3.70. The highest BCUT2D eigenvalue weighted by Crippen LogP contribution is 2.18. The summed E-state index contributed by atoms with van der Waals surface area (Å²) in [4.78, 5) is 19.5. The molecule has 0 bridgehead atoms. The van der Waals surface area contributed by atoms with Gasteiger partial charge in [-0.1, -0.05) is 12.1 Å². The molecule has 1 atom stereocenters. The maximum atomic E-state index is 12.1. The quantitative estimate of drug-likeness (QED) is 0.670. The lowest BCUT2D eigenvalue weighted by molar-refractivity contribution is 0.791. The van der Waals surface area contributed by atoms with Gasteiger partial charge in [0.05, 0.1) is 16.9 Å². The maximum Gasteiger partial charge on any atom is 0.258 e. The number of hydrogen-bond acceptors (Lipinski definition) is 3. The van der Waals surface area contributed by atoms with Crippen LogP contribution < -0.4 is 10.9 Å². The third-order valence-corrected chi connectivity index (χ3v) is 3.99. The number of hydrogen-bond donors (Lipinski definition) is 2. The number of halogens is 1. The van der Waals surface area contributed by atoms with Crippen LogP contribution in [0.1, 0.15) is 18.8 Å². The molecule has 0 aliphatic rings. The second-order valence-corrected chi connectivity index (χ2v) is 6.09. The van der Waals surface area contributed by atoms with Gasteiger partial charge in [-0.15, -0.1) is 0 Å². The smallest absolute Gasteiger partial charge is 0.258 e. The van der Waals surface area contributed by atoms with Crippen LogP contribution in [-0.2, 0) is 0 Å². The second-order valence-electron chi connectivity index (χ2n) is 4.84. The third-order valence-electron chi connectivity index (χ3n) is 3.27. The molecule has 0 fully saturated rings. The van der Waals surface area contributed by atoms with E-state index >= 15 is 0 Å². The summed E-state index contributed by atoms with van der Waals surface area (Å²) in [7, 11) is 0. The predicted molar refractivity (Wildman–Crippen MR) is 93.6 cm³/mol. The normalized spacial score (nSPS) is 12.3. The highest BCUT2D eigenvalue weighted by molar-refractivity contribution is 14.1. The first-order valence-corrected chi connectivity index (χ1v) is 7.72. The van der Waals surface area contributed by atoms with E-state index in [0.717, 1.165) is 5.69 Å². The fraction of sp³-hybridized carbons (Fsp3) is 0.125. The Morgan fingerprint density at radius 1 is 1.14 bits per heavy atom. The van der Waals surface area contributed by atoms with Gasteiger partial charge in [0.25, 0.3) is 5.56 Å². The summed E-state index contributed by atoms with van der Waals surface area (Å²) in [6, 6.07) is 15.4. The average Bonchev–Trinajstić information content (AvgIpc) is 2.49. The summed E-state index contributed by atoms with van der Waals surface area (Å²) in [5.41, 5.74) is 1.61. The van der Waals surface area contributed by atoms with E-state index in [0.29, 0.717) is 16.7 Å². The molecule has 5 heteroatoms. The van der Waals surface area contributed by atoms with Crippen molar-refractivity contribution in [1.29, 1.82) is 0 Å². The Balaban J connectivity index is 1.92. The molecule has 1 aromatic heterocycles. The molecule has 0 aliphatic carbocycles. The van der Waals surface area contributed by atoms with E-state index in [1.54, 1.807) is 6.07 Å². The molecule has 0 amide bonds. The number of H-pyrrole nitrogens is 1. The molecule has 4 nitrogen and oxygen atoms in total. The van der Waals surface area contributed by atoms with Crippen LogP contribution >= 0.6 is 22.6 Å². The molecule has 1 heterocycles. The van der Waals surface area contributed by atoms with E-state index in [1.807, 2.05) is 49.4 Å². The summed E-state index contributed by atoms with van der Waals surface area (Å²) in [6.45, 7) is 1.98. The average molecular weight is 391 g/mol. The second kappa shape index (κ2) is 5.85. The molecule has 0 unspecified atom stereocenters. The lowest BCUT2D eigenvalue weighted by Crippen LogP contribution is -2.17. The van der Waals surface area contributed by atoms with Gasteiger partial charge in [0.15, 0.2) is 0 Å². The van der Waals surface area contributed by atoms with Gasteiger partial charge in [0.1, 0.15) is 5.82 Å². The van der Waals surface area contributed by atoms with Crippen LogP contribution in [0, 0.1) is 3.57 Å². The molecule has 2 N–H and O–H groups in total. The van der Waals surface area contributed by atoms with Crippen molar-refractivity contribution in [1.82, 2.24) is 9.97 Å². The monoisotopic (exact) mass is 391 g/mol. The summed E-state index contributed by atoms with van der Waals surface area (Å²) < 4.78 is 1.18. The molecule has 0 aliphatic heterocycles. The minimum Gasteiger partial charge on any atom is -0.375 e. The largest absolute Gasteiger partial charge is 0.375 e. The number of aromatic nitrogens is 2. The number of benzene rings is 2. The fourth-order valence-electron chi connectivity index (χ4n) is 2.17. The van der Waals surface area contributed by atoms with Gasteiger partial charge in [-0.2, -0.15) is 0 Å². The van der Waals surface area contributed by atoms with Gasteiger partial charge in [0.2, 0.25) is 0 Å². The molecule has 0 saturated carbocycles. The first-order chi connectivity index (χ1) is 10.1. The minimum atomic E-state index is -0.105. The van der Waals surface area contributed by atoms with E-state index in [-0.39, 0.29) is 11.6 Å². The summed E-state index contributed by atoms with van der Waals surface area (Å²) in [5, 5.41) is 3.95. The van der Waals surface area contributed by atoms with Crippen LogP contribution in [0.3, 0.4) is 0 Å². The lowest BCUT2D eigenvalue weighted by atomic mass is 10.2. The van der Waals surface area contributed by atoms with E-state index in [1.165, 1.54) is 3.57 Å². The molecule has 0 spiro atoms. The molecule has 21 heavy (non-hydrogen) atoms. The third kappa shape index (κ3) is 3.07. The van der Waals surface area contributed by atoms with Crippen molar-refractivity contribution >= 4 is 39.2 Å². The Morgan fingerprint density at radius 3 is 2.62 bits per heavy atom. The number of nitrogens with one attached hydrogen (secondary N) is 2. The van der Waals surface area contributed by atoms with Gasteiger partial charge >= 0.3 is 0 Å². The van der Waals surface area contributed by atoms with E-state index < -0.39 is 0 Å². The number of para-hydroxylation sites is 1. The molecule has 3 rings (SSSR count). The Bertz CT molecular complexity index is 827. The van der Waals surface area contributed by atoms with Crippen LogP contribution in [0.2, 0.25) is 0 Å². The highest BCUT2D eigenvalue weighted by atomic mass is 127. The van der Waals surface area contributed by atoms with Gasteiger partial charge in [0, 0.05) is 9.26 Å². The van der Waals surface area contributed by atoms with E-state index in [4.69, 9.17) is 0 Å². The molecule has 0 saturated heterocycles. The van der Waals surface area contributed by atoms with Crippen molar-refractivity contribution in [2.24, 2.45) is 0 Å². The number of rotatable bonds is 3. The molecule has 106 valence electrons. The van der Waals surface area contributed by atoms with Crippen molar-refractivity contribution in [3.63, 3.8) is 0 Å². The Hall–Kier alpha value is -1.89. The van der Waals surface area contributed by atoms with Gasteiger partial charge in [-0.05, 0) is 65.9 Å². The zero-order chi connectivity index (χ0) is 14.8. The molecule has 3 aromatic rings. The van der Waals surface area contributed by atoms with Gasteiger partial charge in [-0.3, -0.25) is 4.79 Å². The highest BCUT2D eigenvalue weighted by Gasteiger charge is 2.10. The molecular weight excluding hydrogens is 377 g/mol. The summed E-state index contributed by atoms with van der Waals surface area (Å²) in [6.07, 6.45) is 0. The van der Waals surface area contributed by atoms with Crippen molar-refractivity contribution in [3.8, 4) is 0 Å². The SMILES string of the molecule is C[C@@H](Nc1ccc(I)cc1)c1nc2ccccc2c(=O)[nH]1. The maximum absolute atomic E-state index is 12.1.